The van der Waals surface area contributed by atoms with Crippen LogP contribution in [0.2, 0.25) is 5.02 Å². The standard InChI is InChI=1S/C21H23ClN2O3/c1-27-19-4-2-3-15(11-19)9-10-24-14-17(12-20(24)25)21(26)23-13-16-5-7-18(22)8-6-16/h2-8,11,17H,9-10,12-14H2,1H3,(H,23,26). The van der Waals surface area contributed by atoms with Gasteiger partial charge in [0.1, 0.15) is 5.75 Å². The molecule has 1 N–H and O–H groups in total. The summed E-state index contributed by atoms with van der Waals surface area (Å²) in [6, 6.07) is 15.2. The number of carbonyl (C=O) groups is 2. The molecule has 0 spiro atoms. The molecule has 5 nitrogen and oxygen atoms in total. The molecule has 1 unspecified atom stereocenters. The van der Waals surface area contributed by atoms with Crippen molar-refractivity contribution in [2.75, 3.05) is 20.2 Å². The molecule has 0 aromatic heterocycles. The van der Waals surface area contributed by atoms with Gasteiger partial charge in [-0.3, -0.25) is 9.59 Å². The van der Waals surface area contributed by atoms with Gasteiger partial charge >= 0.3 is 0 Å². The highest BCUT2D eigenvalue weighted by Crippen LogP contribution is 2.20. The fourth-order valence-electron chi connectivity index (χ4n) is 3.19. The lowest BCUT2D eigenvalue weighted by atomic mass is 10.1. The lowest BCUT2D eigenvalue weighted by Crippen LogP contribution is -2.33. The Balaban J connectivity index is 1.48. The highest BCUT2D eigenvalue weighted by molar-refractivity contribution is 6.30. The minimum Gasteiger partial charge on any atom is -0.497 e. The van der Waals surface area contributed by atoms with E-state index < -0.39 is 0 Å². The summed E-state index contributed by atoms with van der Waals surface area (Å²) in [6.07, 6.45) is 1.01. The third-order valence-electron chi connectivity index (χ3n) is 4.77. The maximum atomic E-state index is 12.4. The Kier molecular flexibility index (Phi) is 6.35. The third-order valence-corrected chi connectivity index (χ3v) is 5.02. The maximum absolute atomic E-state index is 12.4. The number of halogens is 1. The van der Waals surface area contributed by atoms with Crippen LogP contribution in [0.3, 0.4) is 0 Å². The molecule has 2 aromatic rings. The normalized spacial score (nSPS) is 16.4. The quantitative estimate of drug-likeness (QED) is 0.795. The number of ether oxygens (including phenoxy) is 1. The van der Waals surface area contributed by atoms with E-state index in [-0.39, 0.29) is 24.2 Å². The van der Waals surface area contributed by atoms with E-state index in [4.69, 9.17) is 16.3 Å². The molecule has 0 saturated carbocycles. The predicted molar refractivity (Wildman–Crippen MR) is 105 cm³/mol. The molecule has 1 aliphatic rings. The maximum Gasteiger partial charge on any atom is 0.225 e. The topological polar surface area (TPSA) is 58.6 Å². The number of carbonyl (C=O) groups excluding carboxylic acids is 2. The van der Waals surface area contributed by atoms with Gasteiger partial charge in [-0.15, -0.1) is 0 Å². The van der Waals surface area contributed by atoms with Crippen LogP contribution < -0.4 is 10.1 Å². The van der Waals surface area contributed by atoms with Crippen molar-refractivity contribution in [2.24, 2.45) is 5.92 Å². The summed E-state index contributed by atoms with van der Waals surface area (Å²) in [4.78, 5) is 26.4. The molecule has 0 aliphatic carbocycles. The number of methoxy groups -OCH3 is 1. The molecule has 3 rings (SSSR count). The van der Waals surface area contributed by atoms with Gasteiger partial charge in [0.05, 0.1) is 13.0 Å². The SMILES string of the molecule is COc1cccc(CCN2CC(C(=O)NCc3ccc(Cl)cc3)CC2=O)c1. The highest BCUT2D eigenvalue weighted by atomic mass is 35.5. The van der Waals surface area contributed by atoms with Crippen LogP contribution >= 0.6 is 11.6 Å². The van der Waals surface area contributed by atoms with Gasteiger partial charge in [-0.2, -0.15) is 0 Å². The monoisotopic (exact) mass is 386 g/mol. The summed E-state index contributed by atoms with van der Waals surface area (Å²) in [6.45, 7) is 1.51. The van der Waals surface area contributed by atoms with Crippen molar-refractivity contribution in [2.45, 2.75) is 19.4 Å². The summed E-state index contributed by atoms with van der Waals surface area (Å²) in [5.41, 5.74) is 2.09. The second-order valence-electron chi connectivity index (χ2n) is 6.69. The number of nitrogens with one attached hydrogen (secondary N) is 1. The lowest BCUT2D eigenvalue weighted by Gasteiger charge is -2.17. The molecular formula is C21H23ClN2O3. The summed E-state index contributed by atoms with van der Waals surface area (Å²) in [7, 11) is 1.64. The predicted octanol–water partition coefficient (Wildman–Crippen LogP) is 3.06. The van der Waals surface area contributed by atoms with Crippen molar-refractivity contribution in [3.05, 3.63) is 64.7 Å². The number of amides is 2. The Morgan fingerprint density at radius 3 is 2.74 bits per heavy atom. The van der Waals surface area contributed by atoms with Crippen molar-refractivity contribution in [3.8, 4) is 5.75 Å². The molecule has 142 valence electrons. The fraction of sp³-hybridized carbons (Fsp3) is 0.333. The van der Waals surface area contributed by atoms with Crippen LogP contribution in [0.15, 0.2) is 48.5 Å². The van der Waals surface area contributed by atoms with Crippen molar-refractivity contribution >= 4 is 23.4 Å². The van der Waals surface area contributed by atoms with Crippen LogP contribution in [0.5, 0.6) is 5.75 Å². The molecule has 1 fully saturated rings. The average molecular weight is 387 g/mol. The molecule has 1 saturated heterocycles. The van der Waals surface area contributed by atoms with Gasteiger partial charge in [-0.1, -0.05) is 35.9 Å². The minimum absolute atomic E-state index is 0.0320. The Morgan fingerprint density at radius 1 is 1.22 bits per heavy atom. The Labute approximate surface area is 164 Å². The van der Waals surface area contributed by atoms with E-state index in [2.05, 4.69) is 5.32 Å². The zero-order chi connectivity index (χ0) is 19.2. The van der Waals surface area contributed by atoms with Crippen LogP contribution in [0, 0.1) is 5.92 Å². The first kappa shape index (κ1) is 19.2. The number of rotatable bonds is 7. The first-order valence-electron chi connectivity index (χ1n) is 8.98. The van der Waals surface area contributed by atoms with Crippen LogP contribution in [-0.2, 0) is 22.6 Å². The number of likely N-dealkylation sites (tertiary alicyclic amines) is 1. The van der Waals surface area contributed by atoms with Gasteiger partial charge in [-0.25, -0.2) is 0 Å². The van der Waals surface area contributed by atoms with Gasteiger partial charge in [0.25, 0.3) is 0 Å². The van der Waals surface area contributed by atoms with Crippen LogP contribution in [0.25, 0.3) is 0 Å². The zero-order valence-electron chi connectivity index (χ0n) is 15.3. The Bertz CT molecular complexity index is 807. The Morgan fingerprint density at radius 2 is 2.00 bits per heavy atom. The van der Waals surface area contributed by atoms with Gasteiger partial charge in [0.15, 0.2) is 0 Å². The van der Waals surface area contributed by atoms with Gasteiger partial charge in [-0.05, 0) is 41.8 Å². The summed E-state index contributed by atoms with van der Waals surface area (Å²) in [5.74, 6) is 0.460. The van der Waals surface area contributed by atoms with Crippen molar-refractivity contribution in [1.82, 2.24) is 10.2 Å². The van der Waals surface area contributed by atoms with Crippen molar-refractivity contribution in [3.63, 3.8) is 0 Å². The smallest absolute Gasteiger partial charge is 0.225 e. The number of hydrogen-bond donors (Lipinski definition) is 1. The third kappa shape index (κ3) is 5.23. The molecule has 6 heteroatoms. The highest BCUT2D eigenvalue weighted by Gasteiger charge is 2.33. The summed E-state index contributed by atoms with van der Waals surface area (Å²) >= 11 is 5.86. The van der Waals surface area contributed by atoms with E-state index >= 15 is 0 Å². The van der Waals surface area contributed by atoms with E-state index in [1.54, 1.807) is 24.1 Å². The summed E-state index contributed by atoms with van der Waals surface area (Å²) < 4.78 is 5.23. The summed E-state index contributed by atoms with van der Waals surface area (Å²) in [5, 5.41) is 3.58. The lowest BCUT2D eigenvalue weighted by molar-refractivity contribution is -0.129. The van der Waals surface area contributed by atoms with E-state index in [1.807, 2.05) is 36.4 Å². The van der Waals surface area contributed by atoms with E-state index in [1.165, 1.54) is 0 Å². The molecule has 0 bridgehead atoms. The number of nitrogens with zero attached hydrogens (tertiary/aromatic N) is 1. The van der Waals surface area contributed by atoms with Gasteiger partial charge in [0, 0.05) is 31.1 Å². The first-order valence-corrected chi connectivity index (χ1v) is 9.36. The Hall–Kier alpha value is -2.53. The van der Waals surface area contributed by atoms with Crippen LogP contribution in [0.4, 0.5) is 0 Å². The minimum atomic E-state index is -0.296. The number of benzene rings is 2. The zero-order valence-corrected chi connectivity index (χ0v) is 16.0. The molecule has 27 heavy (non-hydrogen) atoms. The largest absolute Gasteiger partial charge is 0.497 e. The van der Waals surface area contributed by atoms with Crippen LogP contribution in [-0.4, -0.2) is 36.9 Å². The van der Waals surface area contributed by atoms with Gasteiger partial charge in [0.2, 0.25) is 11.8 Å². The van der Waals surface area contributed by atoms with Crippen molar-refractivity contribution < 1.29 is 14.3 Å². The molecule has 2 aromatic carbocycles. The molecule has 1 atom stereocenters. The number of hydrogen-bond acceptors (Lipinski definition) is 3. The van der Waals surface area contributed by atoms with E-state index in [9.17, 15) is 9.59 Å². The molecule has 2 amide bonds. The first-order chi connectivity index (χ1) is 13.0. The second kappa shape index (κ2) is 8.91. The van der Waals surface area contributed by atoms with E-state index in [0.29, 0.717) is 24.7 Å². The second-order valence-corrected chi connectivity index (χ2v) is 7.12. The van der Waals surface area contributed by atoms with E-state index in [0.717, 1.165) is 23.3 Å². The molecule has 1 heterocycles. The molecular weight excluding hydrogens is 364 g/mol. The molecule has 0 radical (unpaired) electrons. The fourth-order valence-corrected chi connectivity index (χ4v) is 3.32. The average Bonchev–Trinajstić information content (AvgIpc) is 3.06. The van der Waals surface area contributed by atoms with Crippen LogP contribution in [0.1, 0.15) is 17.5 Å². The molecule has 1 aliphatic heterocycles. The van der Waals surface area contributed by atoms with Crippen molar-refractivity contribution in [1.29, 1.82) is 0 Å². The van der Waals surface area contributed by atoms with Gasteiger partial charge < -0.3 is 15.0 Å².